The Balaban J connectivity index is 2.00. The molecular weight excluding hydrogens is 254 g/mol. The lowest BCUT2D eigenvalue weighted by Gasteiger charge is -2.04. The van der Waals surface area contributed by atoms with Crippen molar-refractivity contribution in [2.45, 2.75) is 19.9 Å². The van der Waals surface area contributed by atoms with Gasteiger partial charge in [-0.2, -0.15) is 5.10 Å². The lowest BCUT2D eigenvalue weighted by atomic mass is 10.2. The number of hydrogen-bond acceptors (Lipinski definition) is 5. The molecule has 0 saturated carbocycles. The highest BCUT2D eigenvalue weighted by Crippen LogP contribution is 2.19. The Morgan fingerprint density at radius 2 is 2.15 bits per heavy atom. The lowest BCUT2D eigenvalue weighted by Crippen LogP contribution is -2.01. The number of nitrogens with two attached hydrogens (primary N) is 1. The van der Waals surface area contributed by atoms with Gasteiger partial charge in [0, 0.05) is 30.7 Å². The van der Waals surface area contributed by atoms with Crippen molar-refractivity contribution in [1.29, 1.82) is 0 Å². The lowest BCUT2D eigenvalue weighted by molar-refractivity contribution is 0.579. The highest BCUT2D eigenvalue weighted by atomic mass is 15.4. The highest BCUT2D eigenvalue weighted by Gasteiger charge is 2.09. The van der Waals surface area contributed by atoms with E-state index in [0.717, 1.165) is 13.0 Å². The van der Waals surface area contributed by atoms with E-state index in [1.165, 1.54) is 0 Å². The van der Waals surface area contributed by atoms with Gasteiger partial charge in [0.15, 0.2) is 5.82 Å². The smallest absolute Gasteiger partial charge is 0.156 e. The van der Waals surface area contributed by atoms with Crippen molar-refractivity contribution in [1.82, 2.24) is 29.8 Å². The maximum Gasteiger partial charge on any atom is 0.156 e. The summed E-state index contributed by atoms with van der Waals surface area (Å²) in [5.74, 6) is 0.662. The van der Waals surface area contributed by atoms with Gasteiger partial charge in [-0.25, -0.2) is 9.67 Å². The van der Waals surface area contributed by atoms with Crippen molar-refractivity contribution < 1.29 is 0 Å². The van der Waals surface area contributed by atoms with Crippen LogP contribution in [0.2, 0.25) is 0 Å². The molecule has 0 saturated heterocycles. The van der Waals surface area contributed by atoms with E-state index < -0.39 is 0 Å². The van der Waals surface area contributed by atoms with Crippen LogP contribution in [0, 0.1) is 0 Å². The molecule has 2 N–H and O–H groups in total. The molecule has 7 nitrogen and oxygen atoms in total. The molecule has 0 aliphatic heterocycles. The largest absolute Gasteiger partial charge is 0.399 e. The second kappa shape index (κ2) is 5.12. The maximum absolute atomic E-state index is 5.93. The van der Waals surface area contributed by atoms with Crippen LogP contribution in [0.5, 0.6) is 0 Å². The third-order valence-corrected chi connectivity index (χ3v) is 2.83. The third-order valence-electron chi connectivity index (χ3n) is 2.83. The summed E-state index contributed by atoms with van der Waals surface area (Å²) in [6.07, 6.45) is 6.39. The molecule has 0 aromatic carbocycles. The van der Waals surface area contributed by atoms with E-state index in [1.54, 1.807) is 27.7 Å². The van der Waals surface area contributed by atoms with Crippen LogP contribution in [-0.4, -0.2) is 29.8 Å². The number of anilines is 1. The van der Waals surface area contributed by atoms with E-state index in [9.17, 15) is 0 Å². The molecule has 0 spiro atoms. The van der Waals surface area contributed by atoms with Gasteiger partial charge in [-0.3, -0.25) is 4.68 Å². The van der Waals surface area contributed by atoms with Crippen LogP contribution in [0.3, 0.4) is 0 Å². The van der Waals surface area contributed by atoms with Crippen LogP contribution in [0.1, 0.15) is 13.3 Å². The predicted octanol–water partition coefficient (Wildman–Crippen LogP) is 1.52. The molecule has 0 amide bonds. The summed E-state index contributed by atoms with van der Waals surface area (Å²) in [4.78, 5) is 4.52. The van der Waals surface area contributed by atoms with Crippen LogP contribution in [-0.2, 0) is 6.54 Å². The zero-order chi connectivity index (χ0) is 13.9. The Labute approximate surface area is 116 Å². The Hall–Kier alpha value is -2.70. The van der Waals surface area contributed by atoms with Crippen LogP contribution in [0.4, 0.5) is 5.69 Å². The number of aromatic nitrogens is 6. The molecule has 3 aromatic heterocycles. The number of nitrogen functional groups attached to an aromatic ring is 1. The Kier molecular flexibility index (Phi) is 3.16. The van der Waals surface area contributed by atoms with Gasteiger partial charge in [0.2, 0.25) is 0 Å². The number of nitrogens with zero attached hydrogens (tertiary/aromatic N) is 6. The quantitative estimate of drug-likeness (QED) is 0.775. The summed E-state index contributed by atoms with van der Waals surface area (Å²) in [5.41, 5.74) is 7.95. The topological polar surface area (TPSA) is 87.4 Å². The maximum atomic E-state index is 5.93. The molecule has 0 fully saturated rings. The van der Waals surface area contributed by atoms with Crippen molar-refractivity contribution in [3.05, 3.63) is 36.8 Å². The average molecular weight is 269 g/mol. The van der Waals surface area contributed by atoms with E-state index in [-0.39, 0.29) is 0 Å². The van der Waals surface area contributed by atoms with Crippen LogP contribution >= 0.6 is 0 Å². The summed E-state index contributed by atoms with van der Waals surface area (Å²) in [6, 6.07) is 5.39. The minimum Gasteiger partial charge on any atom is -0.399 e. The predicted molar refractivity (Wildman–Crippen MR) is 75.1 cm³/mol. The van der Waals surface area contributed by atoms with Crippen molar-refractivity contribution in [3.8, 4) is 17.2 Å². The van der Waals surface area contributed by atoms with E-state index in [4.69, 9.17) is 5.73 Å². The number of rotatable bonds is 4. The van der Waals surface area contributed by atoms with Gasteiger partial charge in [-0.1, -0.05) is 12.1 Å². The minimum absolute atomic E-state index is 0.616. The first-order valence-electron chi connectivity index (χ1n) is 6.44. The van der Waals surface area contributed by atoms with Gasteiger partial charge in [0.05, 0.1) is 11.9 Å². The van der Waals surface area contributed by atoms with Gasteiger partial charge in [0.1, 0.15) is 5.69 Å². The zero-order valence-electron chi connectivity index (χ0n) is 11.1. The van der Waals surface area contributed by atoms with Gasteiger partial charge in [-0.05, 0) is 18.6 Å². The van der Waals surface area contributed by atoms with E-state index >= 15 is 0 Å². The zero-order valence-corrected chi connectivity index (χ0v) is 11.1. The normalized spacial score (nSPS) is 10.8. The van der Waals surface area contributed by atoms with Crippen molar-refractivity contribution in [2.24, 2.45) is 0 Å². The molecule has 20 heavy (non-hydrogen) atoms. The molecule has 0 atom stereocenters. The number of aryl methyl sites for hydroxylation is 1. The minimum atomic E-state index is 0.616. The second-order valence-electron chi connectivity index (χ2n) is 4.46. The summed E-state index contributed by atoms with van der Waals surface area (Å²) < 4.78 is 3.46. The molecule has 0 aliphatic rings. The molecule has 0 bridgehead atoms. The summed E-state index contributed by atoms with van der Waals surface area (Å²) >= 11 is 0. The first-order valence-corrected chi connectivity index (χ1v) is 6.44. The van der Waals surface area contributed by atoms with Crippen LogP contribution in [0.25, 0.3) is 17.2 Å². The summed E-state index contributed by atoms with van der Waals surface area (Å²) in [5, 5.41) is 12.4. The summed E-state index contributed by atoms with van der Waals surface area (Å²) in [7, 11) is 0. The van der Waals surface area contributed by atoms with Crippen LogP contribution < -0.4 is 5.73 Å². The fourth-order valence-electron chi connectivity index (χ4n) is 1.94. The SMILES string of the molecule is CCCn1cc(-c2cc(N)cc(-n3cccn3)n2)nn1. The molecular formula is C13H15N7. The molecule has 3 rings (SSSR count). The van der Waals surface area contributed by atoms with E-state index in [1.807, 2.05) is 18.5 Å². The molecule has 0 radical (unpaired) electrons. The van der Waals surface area contributed by atoms with E-state index in [0.29, 0.717) is 22.9 Å². The van der Waals surface area contributed by atoms with E-state index in [2.05, 4.69) is 27.3 Å². The summed E-state index contributed by atoms with van der Waals surface area (Å²) in [6.45, 7) is 2.93. The van der Waals surface area contributed by atoms with Gasteiger partial charge < -0.3 is 5.73 Å². The molecule has 102 valence electrons. The van der Waals surface area contributed by atoms with Crippen molar-refractivity contribution in [3.63, 3.8) is 0 Å². The highest BCUT2D eigenvalue weighted by molar-refractivity contribution is 5.61. The molecule has 0 aliphatic carbocycles. The monoisotopic (exact) mass is 269 g/mol. The van der Waals surface area contributed by atoms with Crippen molar-refractivity contribution in [2.75, 3.05) is 5.73 Å². The van der Waals surface area contributed by atoms with Crippen LogP contribution in [0.15, 0.2) is 36.8 Å². The first-order chi connectivity index (χ1) is 9.76. The molecule has 3 aromatic rings. The molecule has 7 heteroatoms. The molecule has 0 unspecified atom stereocenters. The third kappa shape index (κ3) is 2.37. The first kappa shape index (κ1) is 12.3. The Morgan fingerprint density at radius 1 is 1.25 bits per heavy atom. The second-order valence-corrected chi connectivity index (χ2v) is 4.46. The van der Waals surface area contributed by atoms with Gasteiger partial charge in [-0.15, -0.1) is 5.10 Å². The average Bonchev–Trinajstić information content (AvgIpc) is 3.09. The van der Waals surface area contributed by atoms with Crippen molar-refractivity contribution >= 4 is 5.69 Å². The Morgan fingerprint density at radius 3 is 2.90 bits per heavy atom. The number of pyridine rings is 1. The van der Waals surface area contributed by atoms with Gasteiger partial charge >= 0.3 is 0 Å². The fraction of sp³-hybridized carbons (Fsp3) is 0.231. The number of hydrogen-bond donors (Lipinski definition) is 1. The molecule has 3 heterocycles. The Bertz CT molecular complexity index is 699. The fourth-order valence-corrected chi connectivity index (χ4v) is 1.94. The van der Waals surface area contributed by atoms with Gasteiger partial charge in [0.25, 0.3) is 0 Å². The standard InChI is InChI=1S/C13H15N7/c1-2-5-19-9-12(17-18-19)11-7-10(14)8-13(16-11)20-6-3-4-15-20/h3-4,6-9H,2,5H2,1H3,(H2,14,16).